The first-order valence-electron chi connectivity index (χ1n) is 9.47. The summed E-state index contributed by atoms with van der Waals surface area (Å²) in [7, 11) is -1.45. The summed E-state index contributed by atoms with van der Waals surface area (Å²) in [5.74, 6) is 1.90. The maximum absolute atomic E-state index is 12.4. The summed E-state index contributed by atoms with van der Waals surface area (Å²) in [4.78, 5) is 6.49. The summed E-state index contributed by atoms with van der Waals surface area (Å²) in [6.45, 7) is 7.38. The molecule has 0 spiro atoms. The van der Waals surface area contributed by atoms with E-state index in [4.69, 9.17) is 4.74 Å². The van der Waals surface area contributed by atoms with E-state index in [1.165, 1.54) is 25.7 Å². The van der Waals surface area contributed by atoms with Crippen molar-refractivity contribution in [2.24, 2.45) is 10.9 Å². The zero-order valence-corrected chi connectivity index (χ0v) is 16.7. The lowest BCUT2D eigenvalue weighted by molar-refractivity contribution is 0.0904. The SMILES string of the molecule is CN=C(NCCCC1CC1)N1CCN(S(=O)(=O)CCOC(C)C)CC1. The molecule has 8 heteroatoms. The van der Waals surface area contributed by atoms with E-state index in [-0.39, 0.29) is 18.5 Å². The molecule has 0 radical (unpaired) electrons. The quantitative estimate of drug-likeness (QED) is 0.372. The predicted octanol–water partition coefficient (Wildman–Crippen LogP) is 1.12. The molecule has 1 aliphatic heterocycles. The Kier molecular flexibility index (Phi) is 7.96. The summed E-state index contributed by atoms with van der Waals surface area (Å²) in [6, 6.07) is 0. The number of rotatable bonds is 9. The van der Waals surface area contributed by atoms with Crippen LogP contribution in [-0.2, 0) is 14.8 Å². The van der Waals surface area contributed by atoms with Crippen molar-refractivity contribution in [1.29, 1.82) is 0 Å². The molecule has 0 bridgehead atoms. The topological polar surface area (TPSA) is 74.2 Å². The van der Waals surface area contributed by atoms with E-state index in [1.54, 1.807) is 11.4 Å². The van der Waals surface area contributed by atoms with Crippen LogP contribution in [0.25, 0.3) is 0 Å². The monoisotopic (exact) mass is 374 g/mol. The van der Waals surface area contributed by atoms with Crippen LogP contribution in [0.15, 0.2) is 4.99 Å². The van der Waals surface area contributed by atoms with Crippen molar-refractivity contribution in [1.82, 2.24) is 14.5 Å². The Morgan fingerprint density at radius 3 is 2.48 bits per heavy atom. The van der Waals surface area contributed by atoms with E-state index in [1.807, 2.05) is 13.8 Å². The average Bonchev–Trinajstić information content (AvgIpc) is 3.39. The third-order valence-electron chi connectivity index (χ3n) is 4.71. The Morgan fingerprint density at radius 2 is 1.92 bits per heavy atom. The van der Waals surface area contributed by atoms with Gasteiger partial charge in [0.15, 0.2) is 5.96 Å². The van der Waals surface area contributed by atoms with Crippen molar-refractivity contribution in [2.45, 2.75) is 45.6 Å². The Labute approximate surface area is 152 Å². The molecule has 1 saturated carbocycles. The summed E-state index contributed by atoms with van der Waals surface area (Å²) in [6.07, 6.45) is 5.32. The van der Waals surface area contributed by atoms with Gasteiger partial charge in [-0.05, 0) is 32.6 Å². The number of nitrogens with one attached hydrogen (secondary N) is 1. The number of ether oxygens (including phenoxy) is 1. The summed E-state index contributed by atoms with van der Waals surface area (Å²) >= 11 is 0. The van der Waals surface area contributed by atoms with Crippen molar-refractivity contribution in [3.63, 3.8) is 0 Å². The molecular formula is C17H34N4O3S. The van der Waals surface area contributed by atoms with Gasteiger partial charge in [-0.25, -0.2) is 8.42 Å². The summed E-state index contributed by atoms with van der Waals surface area (Å²) in [5, 5.41) is 3.41. The highest BCUT2D eigenvalue weighted by Crippen LogP contribution is 2.33. The molecule has 1 saturated heterocycles. The van der Waals surface area contributed by atoms with Gasteiger partial charge < -0.3 is 15.0 Å². The summed E-state index contributed by atoms with van der Waals surface area (Å²) in [5.41, 5.74) is 0. The van der Waals surface area contributed by atoms with Crippen LogP contribution in [0, 0.1) is 5.92 Å². The smallest absolute Gasteiger partial charge is 0.216 e. The maximum atomic E-state index is 12.4. The Bertz CT molecular complexity index is 524. The molecule has 2 fully saturated rings. The van der Waals surface area contributed by atoms with Crippen molar-refractivity contribution >= 4 is 16.0 Å². The number of nitrogens with zero attached hydrogens (tertiary/aromatic N) is 3. The highest BCUT2D eigenvalue weighted by atomic mass is 32.2. The van der Waals surface area contributed by atoms with Crippen LogP contribution in [0.4, 0.5) is 0 Å². The number of guanidine groups is 1. The van der Waals surface area contributed by atoms with Crippen molar-refractivity contribution < 1.29 is 13.2 Å². The highest BCUT2D eigenvalue weighted by Gasteiger charge is 2.28. The van der Waals surface area contributed by atoms with Crippen LogP contribution in [0.2, 0.25) is 0 Å². The van der Waals surface area contributed by atoms with E-state index in [2.05, 4.69) is 15.2 Å². The molecule has 2 rings (SSSR count). The largest absolute Gasteiger partial charge is 0.378 e. The first kappa shape index (κ1) is 20.5. The average molecular weight is 375 g/mol. The minimum absolute atomic E-state index is 0.0549. The van der Waals surface area contributed by atoms with Gasteiger partial charge in [-0.15, -0.1) is 0 Å². The van der Waals surface area contributed by atoms with Gasteiger partial charge in [0.1, 0.15) is 0 Å². The van der Waals surface area contributed by atoms with Gasteiger partial charge in [-0.3, -0.25) is 4.99 Å². The first-order chi connectivity index (χ1) is 11.9. The molecule has 25 heavy (non-hydrogen) atoms. The Morgan fingerprint density at radius 1 is 1.24 bits per heavy atom. The zero-order chi connectivity index (χ0) is 18.3. The predicted molar refractivity (Wildman–Crippen MR) is 101 cm³/mol. The van der Waals surface area contributed by atoms with Gasteiger partial charge in [0, 0.05) is 39.8 Å². The summed E-state index contributed by atoms with van der Waals surface area (Å²) < 4.78 is 31.7. The number of hydrogen-bond acceptors (Lipinski definition) is 4. The standard InChI is InChI=1S/C17H34N4O3S/c1-15(2)24-13-14-25(22,23)21-11-9-20(10-12-21)17(18-3)19-8-4-5-16-6-7-16/h15-16H,4-14H2,1-3H3,(H,18,19). The second-order valence-corrected chi connectivity index (χ2v) is 9.27. The van der Waals surface area contributed by atoms with Crippen LogP contribution in [-0.4, -0.2) is 81.8 Å². The van der Waals surface area contributed by atoms with Crippen LogP contribution >= 0.6 is 0 Å². The number of hydrogen-bond donors (Lipinski definition) is 1. The molecule has 1 heterocycles. The molecule has 1 N–H and O–H groups in total. The second-order valence-electron chi connectivity index (χ2n) is 7.18. The minimum atomic E-state index is -3.24. The molecule has 146 valence electrons. The number of aliphatic imine (C=N–C) groups is 1. The lowest BCUT2D eigenvalue weighted by atomic mass is 10.2. The van der Waals surface area contributed by atoms with E-state index in [0.29, 0.717) is 26.2 Å². The fourth-order valence-electron chi connectivity index (χ4n) is 3.03. The molecule has 0 aromatic rings. The maximum Gasteiger partial charge on any atom is 0.216 e. The van der Waals surface area contributed by atoms with Crippen LogP contribution in [0.5, 0.6) is 0 Å². The molecular weight excluding hydrogens is 340 g/mol. The Balaban J connectivity index is 1.71. The lowest BCUT2D eigenvalue weighted by Crippen LogP contribution is -2.54. The highest BCUT2D eigenvalue weighted by molar-refractivity contribution is 7.89. The van der Waals surface area contributed by atoms with E-state index in [9.17, 15) is 8.42 Å². The normalized spacial score (nSPS) is 20.3. The molecule has 1 aliphatic carbocycles. The van der Waals surface area contributed by atoms with Gasteiger partial charge in [0.2, 0.25) is 10.0 Å². The fourth-order valence-corrected chi connectivity index (χ4v) is 4.31. The zero-order valence-electron chi connectivity index (χ0n) is 15.9. The van der Waals surface area contributed by atoms with Crippen molar-refractivity contribution in [2.75, 3.05) is 52.1 Å². The molecule has 0 amide bonds. The minimum Gasteiger partial charge on any atom is -0.378 e. The van der Waals surface area contributed by atoms with Gasteiger partial charge in [-0.2, -0.15) is 4.31 Å². The van der Waals surface area contributed by atoms with Gasteiger partial charge in [-0.1, -0.05) is 12.8 Å². The van der Waals surface area contributed by atoms with Crippen LogP contribution < -0.4 is 5.32 Å². The van der Waals surface area contributed by atoms with Gasteiger partial charge in [0.25, 0.3) is 0 Å². The van der Waals surface area contributed by atoms with Crippen molar-refractivity contribution in [3.05, 3.63) is 0 Å². The van der Waals surface area contributed by atoms with Gasteiger partial charge in [0.05, 0.1) is 18.5 Å². The van der Waals surface area contributed by atoms with Crippen molar-refractivity contribution in [3.8, 4) is 0 Å². The second kappa shape index (κ2) is 9.73. The van der Waals surface area contributed by atoms with Crippen LogP contribution in [0.1, 0.15) is 39.5 Å². The van der Waals surface area contributed by atoms with Crippen LogP contribution in [0.3, 0.4) is 0 Å². The van der Waals surface area contributed by atoms with E-state index < -0.39 is 10.0 Å². The Hall–Kier alpha value is -0.860. The van der Waals surface area contributed by atoms with Gasteiger partial charge >= 0.3 is 0 Å². The first-order valence-corrected chi connectivity index (χ1v) is 11.1. The molecule has 0 aromatic heterocycles. The molecule has 0 unspecified atom stereocenters. The number of sulfonamides is 1. The third kappa shape index (κ3) is 7.11. The number of piperazine rings is 1. The molecule has 7 nitrogen and oxygen atoms in total. The third-order valence-corrected chi connectivity index (χ3v) is 6.54. The molecule has 0 atom stereocenters. The molecule has 2 aliphatic rings. The van der Waals surface area contributed by atoms with E-state index in [0.717, 1.165) is 18.4 Å². The molecule has 0 aromatic carbocycles. The van der Waals surface area contributed by atoms with E-state index >= 15 is 0 Å². The lowest BCUT2D eigenvalue weighted by Gasteiger charge is -2.35. The fraction of sp³-hybridized carbons (Fsp3) is 0.941.